The number of benzene rings is 7. The quantitative estimate of drug-likeness (QED) is 0.215. The van der Waals surface area contributed by atoms with E-state index < -0.39 is 0 Å². The zero-order valence-corrected chi connectivity index (χ0v) is 23.8. The third kappa shape index (κ3) is 4.38. The van der Waals surface area contributed by atoms with E-state index in [-0.39, 0.29) is 0 Å². The zero-order valence-electron chi connectivity index (χ0n) is 23.8. The largest absolute Gasteiger partial charge is 0.228 e. The molecule has 1 heterocycles. The molecule has 3 heteroatoms. The van der Waals surface area contributed by atoms with Crippen LogP contribution in [0.3, 0.4) is 0 Å². The number of rotatable bonds is 4. The molecule has 1 aromatic heterocycles. The van der Waals surface area contributed by atoms with Crippen LogP contribution < -0.4 is 0 Å². The van der Waals surface area contributed by atoms with Crippen LogP contribution in [-0.4, -0.2) is 9.97 Å². The standard InChI is InChI=1S/C41H25N3/c42-26-27-16-18-28(19-17-27)29-20-22-31(23-21-29)33-24-25-37(35-12-4-3-11-34(33)35)41-43-39-15-6-5-13-38(39)40(44-41)36-14-7-9-30-8-1-2-10-32(30)36/h1-25H. The Balaban J connectivity index is 1.27. The van der Waals surface area contributed by atoms with Crippen molar-refractivity contribution in [3.63, 3.8) is 0 Å². The molecule has 0 saturated carbocycles. The Morgan fingerprint density at radius 2 is 0.977 bits per heavy atom. The van der Waals surface area contributed by atoms with E-state index in [9.17, 15) is 0 Å². The summed E-state index contributed by atoms with van der Waals surface area (Å²) in [7, 11) is 0. The van der Waals surface area contributed by atoms with Gasteiger partial charge in [0.1, 0.15) is 0 Å². The molecule has 0 bridgehead atoms. The monoisotopic (exact) mass is 559 g/mol. The van der Waals surface area contributed by atoms with Crippen LogP contribution in [0.1, 0.15) is 5.56 Å². The minimum absolute atomic E-state index is 0.663. The minimum Gasteiger partial charge on any atom is -0.228 e. The highest BCUT2D eigenvalue weighted by Gasteiger charge is 2.16. The smallest absolute Gasteiger partial charge is 0.161 e. The summed E-state index contributed by atoms with van der Waals surface area (Å²) in [5.41, 5.74) is 9.14. The summed E-state index contributed by atoms with van der Waals surface area (Å²) in [6.07, 6.45) is 0. The van der Waals surface area contributed by atoms with Gasteiger partial charge in [0.15, 0.2) is 5.82 Å². The molecular weight excluding hydrogens is 534 g/mol. The van der Waals surface area contributed by atoms with Crippen molar-refractivity contribution in [2.24, 2.45) is 0 Å². The molecule has 0 spiro atoms. The van der Waals surface area contributed by atoms with Crippen molar-refractivity contribution in [1.29, 1.82) is 5.26 Å². The van der Waals surface area contributed by atoms with Crippen LogP contribution in [0.4, 0.5) is 0 Å². The van der Waals surface area contributed by atoms with Crippen molar-refractivity contribution < 1.29 is 0 Å². The average molecular weight is 560 g/mol. The molecule has 44 heavy (non-hydrogen) atoms. The van der Waals surface area contributed by atoms with Gasteiger partial charge in [-0.05, 0) is 68.1 Å². The van der Waals surface area contributed by atoms with Gasteiger partial charge in [0.05, 0.1) is 22.8 Å². The summed E-state index contributed by atoms with van der Waals surface area (Å²) in [6.45, 7) is 0. The number of hydrogen-bond donors (Lipinski definition) is 0. The maximum atomic E-state index is 9.13. The van der Waals surface area contributed by atoms with E-state index in [1.807, 2.05) is 30.3 Å². The van der Waals surface area contributed by atoms with Crippen LogP contribution >= 0.6 is 0 Å². The van der Waals surface area contributed by atoms with Gasteiger partial charge in [-0.25, -0.2) is 9.97 Å². The second-order valence-corrected chi connectivity index (χ2v) is 10.9. The molecule has 0 amide bonds. The second kappa shape index (κ2) is 10.6. The molecule has 204 valence electrons. The molecule has 3 nitrogen and oxygen atoms in total. The van der Waals surface area contributed by atoms with E-state index >= 15 is 0 Å². The highest BCUT2D eigenvalue weighted by Crippen LogP contribution is 2.38. The fraction of sp³-hybridized carbons (Fsp3) is 0. The Hall–Kier alpha value is -6.11. The summed E-state index contributed by atoms with van der Waals surface area (Å²) in [6, 6.07) is 54.5. The lowest BCUT2D eigenvalue weighted by atomic mass is 9.93. The van der Waals surface area contributed by atoms with Crippen molar-refractivity contribution in [2.75, 3.05) is 0 Å². The fourth-order valence-corrected chi connectivity index (χ4v) is 6.16. The first kappa shape index (κ1) is 25.6. The van der Waals surface area contributed by atoms with Gasteiger partial charge in [-0.2, -0.15) is 5.26 Å². The number of nitriles is 1. The summed E-state index contributed by atoms with van der Waals surface area (Å²) in [4.78, 5) is 10.4. The first-order chi connectivity index (χ1) is 21.8. The van der Waals surface area contributed by atoms with Crippen molar-refractivity contribution in [1.82, 2.24) is 9.97 Å². The molecule has 8 aromatic rings. The maximum absolute atomic E-state index is 9.13. The Morgan fingerprint density at radius 1 is 0.409 bits per heavy atom. The van der Waals surface area contributed by atoms with Crippen molar-refractivity contribution in [2.45, 2.75) is 0 Å². The lowest BCUT2D eigenvalue weighted by molar-refractivity contribution is 1.24. The van der Waals surface area contributed by atoms with E-state index in [2.05, 4.69) is 127 Å². The van der Waals surface area contributed by atoms with Gasteiger partial charge in [-0.15, -0.1) is 0 Å². The average Bonchev–Trinajstić information content (AvgIpc) is 3.10. The van der Waals surface area contributed by atoms with Gasteiger partial charge in [-0.3, -0.25) is 0 Å². The van der Waals surface area contributed by atoms with Gasteiger partial charge < -0.3 is 0 Å². The minimum atomic E-state index is 0.663. The lowest BCUT2D eigenvalue weighted by Crippen LogP contribution is -1.97. The highest BCUT2D eigenvalue weighted by atomic mass is 14.9. The molecule has 0 atom stereocenters. The Bertz CT molecular complexity index is 2380. The number of fused-ring (bicyclic) bond motifs is 3. The van der Waals surface area contributed by atoms with Gasteiger partial charge in [0, 0.05) is 16.5 Å². The van der Waals surface area contributed by atoms with Crippen LogP contribution in [-0.2, 0) is 0 Å². The molecule has 0 aliphatic heterocycles. The van der Waals surface area contributed by atoms with E-state index in [1.165, 1.54) is 10.8 Å². The molecule has 0 aliphatic rings. The van der Waals surface area contributed by atoms with E-state index in [4.69, 9.17) is 15.2 Å². The van der Waals surface area contributed by atoms with E-state index in [0.717, 1.165) is 60.8 Å². The Labute approximate surface area is 255 Å². The molecule has 0 unspecified atom stereocenters. The summed E-state index contributed by atoms with van der Waals surface area (Å²) >= 11 is 0. The fourth-order valence-electron chi connectivity index (χ4n) is 6.16. The summed E-state index contributed by atoms with van der Waals surface area (Å²) < 4.78 is 0. The topological polar surface area (TPSA) is 49.6 Å². The van der Waals surface area contributed by atoms with Crippen LogP contribution in [0.5, 0.6) is 0 Å². The SMILES string of the molecule is N#Cc1ccc(-c2ccc(-c3ccc(-c4nc(-c5cccc6ccccc56)c5ccccc5n4)c4ccccc34)cc2)cc1. The highest BCUT2D eigenvalue weighted by molar-refractivity contribution is 6.07. The summed E-state index contributed by atoms with van der Waals surface area (Å²) in [5.74, 6) is 0.713. The molecular formula is C41H25N3. The zero-order chi connectivity index (χ0) is 29.5. The van der Waals surface area contributed by atoms with Crippen LogP contribution in [0.15, 0.2) is 152 Å². The molecule has 0 aliphatic carbocycles. The predicted molar refractivity (Wildman–Crippen MR) is 181 cm³/mol. The third-order valence-electron chi connectivity index (χ3n) is 8.36. The predicted octanol–water partition coefficient (Wildman–Crippen LogP) is 10.5. The Kier molecular flexibility index (Phi) is 6.18. The van der Waals surface area contributed by atoms with Gasteiger partial charge in [0.25, 0.3) is 0 Å². The molecule has 7 aromatic carbocycles. The van der Waals surface area contributed by atoms with Crippen molar-refractivity contribution in [3.8, 4) is 51.0 Å². The number of hydrogen-bond acceptors (Lipinski definition) is 3. The number of aromatic nitrogens is 2. The van der Waals surface area contributed by atoms with Crippen molar-refractivity contribution in [3.05, 3.63) is 157 Å². The third-order valence-corrected chi connectivity index (χ3v) is 8.36. The first-order valence-corrected chi connectivity index (χ1v) is 14.6. The van der Waals surface area contributed by atoms with Crippen LogP contribution in [0.2, 0.25) is 0 Å². The number of para-hydroxylation sites is 1. The van der Waals surface area contributed by atoms with Crippen molar-refractivity contribution >= 4 is 32.4 Å². The van der Waals surface area contributed by atoms with E-state index in [1.54, 1.807) is 0 Å². The molecule has 0 radical (unpaired) electrons. The first-order valence-electron chi connectivity index (χ1n) is 14.6. The van der Waals surface area contributed by atoms with Gasteiger partial charge in [0.2, 0.25) is 0 Å². The molecule has 0 N–H and O–H groups in total. The molecule has 0 fully saturated rings. The van der Waals surface area contributed by atoms with Crippen LogP contribution in [0.25, 0.3) is 77.3 Å². The lowest BCUT2D eigenvalue weighted by Gasteiger charge is -2.14. The van der Waals surface area contributed by atoms with E-state index in [0.29, 0.717) is 11.4 Å². The maximum Gasteiger partial charge on any atom is 0.161 e. The van der Waals surface area contributed by atoms with Crippen LogP contribution in [0, 0.1) is 11.3 Å². The van der Waals surface area contributed by atoms with Gasteiger partial charge in [-0.1, -0.05) is 127 Å². The second-order valence-electron chi connectivity index (χ2n) is 10.9. The Morgan fingerprint density at radius 3 is 1.73 bits per heavy atom. The molecule has 0 saturated heterocycles. The number of nitrogens with zero attached hydrogens (tertiary/aromatic N) is 3. The molecule has 8 rings (SSSR count). The van der Waals surface area contributed by atoms with Gasteiger partial charge >= 0.3 is 0 Å². The summed E-state index contributed by atoms with van der Waals surface area (Å²) in [5, 5.41) is 14.8. The normalized spacial score (nSPS) is 11.2.